The number of nitrogens with zero attached hydrogens (tertiary/aromatic N) is 2. The van der Waals surface area contributed by atoms with Gasteiger partial charge in [-0.2, -0.15) is 0 Å². The van der Waals surface area contributed by atoms with E-state index in [-0.39, 0.29) is 19.1 Å². The fourth-order valence-corrected chi connectivity index (χ4v) is 5.22. The van der Waals surface area contributed by atoms with Crippen LogP contribution in [0.5, 0.6) is 5.75 Å². The molecule has 4 rings (SSSR count). The van der Waals surface area contributed by atoms with Gasteiger partial charge in [0, 0.05) is 18.8 Å². The molecule has 2 aliphatic rings. The molecule has 2 heterocycles. The number of anilines is 1. The van der Waals surface area contributed by atoms with E-state index < -0.39 is 29.4 Å². The highest BCUT2D eigenvalue weighted by Gasteiger charge is 2.72. The van der Waals surface area contributed by atoms with Crippen molar-refractivity contribution in [2.24, 2.45) is 5.92 Å². The summed E-state index contributed by atoms with van der Waals surface area (Å²) in [4.78, 5) is 44.8. The topological polar surface area (TPSA) is 94.6 Å². The molecule has 2 aliphatic heterocycles. The van der Waals surface area contributed by atoms with Crippen LogP contribution < -0.4 is 9.64 Å². The maximum absolute atomic E-state index is 14.4. The van der Waals surface area contributed by atoms with Crippen LogP contribution in [0.4, 0.5) is 5.69 Å². The minimum absolute atomic E-state index is 0.0698. The van der Waals surface area contributed by atoms with Crippen molar-refractivity contribution in [2.75, 3.05) is 51.5 Å². The van der Waals surface area contributed by atoms with Crippen LogP contribution in [-0.2, 0) is 28.6 Å². The fraction of sp³-hybridized carbons (Fsp3) is 0.444. The normalized spacial score (nSPS) is 22.2. The summed E-state index contributed by atoms with van der Waals surface area (Å²) in [5.74, 6) is -2.73. The predicted octanol–water partition coefficient (Wildman–Crippen LogP) is 2.60. The number of ether oxygens (including phenoxy) is 4. The van der Waals surface area contributed by atoms with Crippen molar-refractivity contribution >= 4 is 23.5 Å². The van der Waals surface area contributed by atoms with Crippen LogP contribution in [0, 0.1) is 5.92 Å². The molecule has 0 aromatic heterocycles. The SMILES string of the molecule is CCOC(=O)C(C(=O)OCC)[C@]1(N2CCOCC2)C(=O)N(c2ccc(OC)cc2)[C@@H]1c1ccccc1. The molecular weight excluding hydrogens is 464 g/mol. The number of esters is 2. The van der Waals surface area contributed by atoms with Gasteiger partial charge in [0.15, 0.2) is 11.5 Å². The van der Waals surface area contributed by atoms with Gasteiger partial charge in [0.25, 0.3) is 5.91 Å². The van der Waals surface area contributed by atoms with E-state index >= 15 is 0 Å². The number of hydrogen-bond acceptors (Lipinski definition) is 8. The van der Waals surface area contributed by atoms with Crippen molar-refractivity contribution in [1.29, 1.82) is 0 Å². The molecule has 2 atom stereocenters. The predicted molar refractivity (Wildman–Crippen MR) is 132 cm³/mol. The average Bonchev–Trinajstić information content (AvgIpc) is 2.91. The third-order valence-corrected chi connectivity index (χ3v) is 6.72. The summed E-state index contributed by atoms with van der Waals surface area (Å²) in [6, 6.07) is 15.9. The molecule has 0 radical (unpaired) electrons. The molecule has 9 nitrogen and oxygen atoms in total. The Morgan fingerprint density at radius 1 is 0.972 bits per heavy atom. The standard InChI is InChI=1S/C27H32N2O7/c1-4-35-24(30)22(25(31)36-5-2)27(28-15-17-34-18-16-28)23(19-9-7-6-8-10-19)29(26(27)32)20-11-13-21(33-3)14-12-20/h6-14,22-23H,4-5,15-18H2,1-3H3/t23-,27-/m1/s1. The van der Waals surface area contributed by atoms with Gasteiger partial charge in [-0.25, -0.2) is 0 Å². The van der Waals surface area contributed by atoms with Crippen molar-refractivity contribution in [3.63, 3.8) is 0 Å². The number of benzene rings is 2. The Morgan fingerprint density at radius 2 is 1.56 bits per heavy atom. The first-order chi connectivity index (χ1) is 17.5. The number of carbonyl (C=O) groups is 3. The number of β-lactam (4-membered cyclic amide) rings is 1. The summed E-state index contributed by atoms with van der Waals surface area (Å²) >= 11 is 0. The summed E-state index contributed by atoms with van der Waals surface area (Å²) in [5.41, 5.74) is -0.119. The average molecular weight is 497 g/mol. The lowest BCUT2D eigenvalue weighted by atomic mass is 9.65. The van der Waals surface area contributed by atoms with Gasteiger partial charge in [0.1, 0.15) is 5.75 Å². The van der Waals surface area contributed by atoms with Crippen molar-refractivity contribution in [2.45, 2.75) is 25.4 Å². The Kier molecular flexibility index (Phi) is 7.91. The van der Waals surface area contributed by atoms with Gasteiger partial charge in [-0.05, 0) is 43.7 Å². The summed E-state index contributed by atoms with van der Waals surface area (Å²) in [6.07, 6.45) is 0. The van der Waals surface area contributed by atoms with Crippen molar-refractivity contribution in [1.82, 2.24) is 4.90 Å². The monoisotopic (exact) mass is 496 g/mol. The first kappa shape index (κ1) is 25.7. The number of rotatable bonds is 9. The van der Waals surface area contributed by atoms with E-state index in [0.717, 1.165) is 5.56 Å². The number of amides is 1. The summed E-state index contributed by atoms with van der Waals surface area (Å²) in [7, 11) is 1.57. The van der Waals surface area contributed by atoms with Crippen LogP contribution in [0.1, 0.15) is 25.5 Å². The fourth-order valence-electron chi connectivity index (χ4n) is 5.22. The molecule has 0 spiro atoms. The van der Waals surface area contributed by atoms with Crippen LogP contribution in [0.2, 0.25) is 0 Å². The van der Waals surface area contributed by atoms with E-state index in [4.69, 9.17) is 18.9 Å². The number of carbonyl (C=O) groups excluding carboxylic acids is 3. The van der Waals surface area contributed by atoms with Crippen LogP contribution in [-0.4, -0.2) is 74.9 Å². The Balaban J connectivity index is 1.92. The smallest absolute Gasteiger partial charge is 0.322 e. The molecule has 9 heteroatoms. The van der Waals surface area contributed by atoms with Gasteiger partial charge in [0.2, 0.25) is 0 Å². The molecule has 2 fully saturated rings. The van der Waals surface area contributed by atoms with Crippen molar-refractivity contribution < 1.29 is 33.3 Å². The lowest BCUT2D eigenvalue weighted by Gasteiger charge is -2.62. The largest absolute Gasteiger partial charge is 0.497 e. The zero-order valence-electron chi connectivity index (χ0n) is 20.8. The van der Waals surface area contributed by atoms with Gasteiger partial charge < -0.3 is 23.8 Å². The minimum Gasteiger partial charge on any atom is -0.497 e. The van der Waals surface area contributed by atoms with Gasteiger partial charge >= 0.3 is 11.9 Å². The van der Waals surface area contributed by atoms with E-state index in [2.05, 4.69) is 0 Å². The molecule has 0 N–H and O–H groups in total. The van der Waals surface area contributed by atoms with E-state index in [9.17, 15) is 14.4 Å². The quantitative estimate of drug-likeness (QED) is 0.297. The highest BCUT2D eigenvalue weighted by atomic mass is 16.6. The Morgan fingerprint density at radius 3 is 2.08 bits per heavy atom. The molecule has 192 valence electrons. The zero-order valence-corrected chi connectivity index (χ0v) is 20.8. The first-order valence-corrected chi connectivity index (χ1v) is 12.2. The lowest BCUT2D eigenvalue weighted by molar-refractivity contribution is -0.185. The molecule has 1 amide bonds. The van der Waals surface area contributed by atoms with Crippen LogP contribution >= 0.6 is 0 Å². The van der Waals surface area contributed by atoms with Gasteiger partial charge in [0.05, 0.1) is 39.6 Å². The molecule has 2 aromatic carbocycles. The van der Waals surface area contributed by atoms with Gasteiger partial charge in [-0.15, -0.1) is 0 Å². The number of hydrogen-bond donors (Lipinski definition) is 0. The molecule has 0 saturated carbocycles. The minimum atomic E-state index is -1.54. The van der Waals surface area contributed by atoms with Crippen LogP contribution in [0.3, 0.4) is 0 Å². The summed E-state index contributed by atoms with van der Waals surface area (Å²) < 4.78 is 21.6. The maximum Gasteiger partial charge on any atom is 0.322 e. The summed E-state index contributed by atoms with van der Waals surface area (Å²) in [5, 5.41) is 0. The summed E-state index contributed by atoms with van der Waals surface area (Å²) in [6.45, 7) is 4.97. The Hall–Kier alpha value is -3.43. The van der Waals surface area contributed by atoms with Crippen LogP contribution in [0.25, 0.3) is 0 Å². The molecule has 0 unspecified atom stereocenters. The highest BCUT2D eigenvalue weighted by molar-refractivity contribution is 6.16. The van der Waals surface area contributed by atoms with E-state index in [0.29, 0.717) is 37.7 Å². The molecule has 0 bridgehead atoms. The molecule has 36 heavy (non-hydrogen) atoms. The number of methoxy groups -OCH3 is 1. The molecule has 2 saturated heterocycles. The second kappa shape index (κ2) is 11.1. The van der Waals surface area contributed by atoms with E-state index in [1.54, 1.807) is 50.1 Å². The van der Waals surface area contributed by atoms with E-state index in [1.807, 2.05) is 35.2 Å². The van der Waals surface area contributed by atoms with E-state index in [1.165, 1.54) is 0 Å². The molecule has 0 aliphatic carbocycles. The molecular formula is C27H32N2O7. The van der Waals surface area contributed by atoms with Gasteiger partial charge in [-0.1, -0.05) is 30.3 Å². The molecule has 2 aromatic rings. The van der Waals surface area contributed by atoms with Crippen molar-refractivity contribution in [3.05, 3.63) is 60.2 Å². The van der Waals surface area contributed by atoms with Crippen LogP contribution in [0.15, 0.2) is 54.6 Å². The third kappa shape index (κ3) is 4.33. The van der Waals surface area contributed by atoms with Gasteiger partial charge in [-0.3, -0.25) is 19.3 Å². The lowest BCUT2D eigenvalue weighted by Crippen LogP contribution is -2.81. The number of morpholine rings is 1. The maximum atomic E-state index is 14.4. The third-order valence-electron chi connectivity index (χ3n) is 6.72. The van der Waals surface area contributed by atoms with Crippen molar-refractivity contribution in [3.8, 4) is 5.75 Å². The zero-order chi connectivity index (χ0) is 25.7. The second-order valence-corrected chi connectivity index (χ2v) is 8.55. The Labute approximate surface area is 210 Å². The highest BCUT2D eigenvalue weighted by Crippen LogP contribution is 2.54. The first-order valence-electron chi connectivity index (χ1n) is 12.2. The Bertz CT molecular complexity index is 1050. The second-order valence-electron chi connectivity index (χ2n) is 8.55.